The molecule has 4 heteroatoms. The van der Waals surface area contributed by atoms with E-state index in [4.69, 9.17) is 9.97 Å². The topological polar surface area (TPSA) is 30.7 Å². The molecule has 3 nitrogen and oxygen atoms in total. The lowest BCUT2D eigenvalue weighted by molar-refractivity contribution is 1.02. The van der Waals surface area contributed by atoms with E-state index in [0.717, 1.165) is 38.6 Å². The van der Waals surface area contributed by atoms with Gasteiger partial charge in [-0.25, -0.2) is 9.97 Å². The predicted octanol–water partition coefficient (Wildman–Crippen LogP) is 12.2. The molecule has 0 radical (unpaired) electrons. The lowest BCUT2D eigenvalue weighted by Crippen LogP contribution is -2.04. The Bertz CT molecular complexity index is 3130. The van der Waals surface area contributed by atoms with Crippen molar-refractivity contribution in [3.8, 4) is 17.2 Å². The molecule has 0 fully saturated rings. The Morgan fingerprint density at radius 3 is 1.96 bits per heavy atom. The van der Waals surface area contributed by atoms with Crippen molar-refractivity contribution in [3.05, 3.63) is 152 Å². The van der Waals surface area contributed by atoms with Crippen molar-refractivity contribution in [2.75, 3.05) is 0 Å². The largest absolute Gasteiger partial charge is 0.276 e. The van der Waals surface area contributed by atoms with Crippen LogP contribution in [0.2, 0.25) is 0 Å². The van der Waals surface area contributed by atoms with Crippen LogP contribution in [0.5, 0.6) is 0 Å². The molecule has 0 amide bonds. The summed E-state index contributed by atoms with van der Waals surface area (Å²) in [7, 11) is 0. The van der Waals surface area contributed by atoms with Crippen molar-refractivity contribution in [2.45, 2.75) is 0 Å². The van der Waals surface area contributed by atoms with Gasteiger partial charge in [0.2, 0.25) is 5.95 Å². The zero-order valence-corrected chi connectivity index (χ0v) is 26.5. The molecular weight excluding hydrogens is 603 g/mol. The van der Waals surface area contributed by atoms with Crippen LogP contribution in [0.4, 0.5) is 0 Å². The molecule has 0 atom stereocenters. The van der Waals surface area contributed by atoms with E-state index in [0.29, 0.717) is 5.95 Å². The molecule has 48 heavy (non-hydrogen) atoms. The third-order valence-electron chi connectivity index (χ3n) is 9.95. The fourth-order valence-corrected chi connectivity index (χ4v) is 9.10. The van der Waals surface area contributed by atoms with Crippen LogP contribution in [0.3, 0.4) is 0 Å². The summed E-state index contributed by atoms with van der Waals surface area (Å²) in [6, 6.07) is 54.5. The highest BCUT2D eigenvalue weighted by atomic mass is 32.1. The molecule has 0 spiro atoms. The van der Waals surface area contributed by atoms with Crippen molar-refractivity contribution >= 4 is 96.5 Å². The number of aromatic nitrogens is 3. The normalized spacial score (nSPS) is 12.2. The Kier molecular flexibility index (Phi) is 5.26. The number of rotatable bonds is 2. The monoisotopic (exact) mass is 627 g/mol. The fraction of sp³-hybridized carbons (Fsp3) is 0. The third-order valence-corrected chi connectivity index (χ3v) is 11.1. The van der Waals surface area contributed by atoms with E-state index >= 15 is 0 Å². The summed E-state index contributed by atoms with van der Waals surface area (Å²) >= 11 is 1.86. The van der Waals surface area contributed by atoms with E-state index in [2.05, 4.69) is 156 Å². The van der Waals surface area contributed by atoms with Gasteiger partial charge in [-0.3, -0.25) is 4.57 Å². The van der Waals surface area contributed by atoms with Crippen LogP contribution < -0.4 is 0 Å². The zero-order chi connectivity index (χ0) is 31.3. The summed E-state index contributed by atoms with van der Waals surface area (Å²) in [4.78, 5) is 11.0. The molecule has 0 N–H and O–H groups in total. The van der Waals surface area contributed by atoms with Gasteiger partial charge in [0.25, 0.3) is 0 Å². The summed E-state index contributed by atoms with van der Waals surface area (Å²) in [5.74, 6) is 0.683. The molecule has 3 heterocycles. The van der Waals surface area contributed by atoms with Gasteiger partial charge in [-0.15, -0.1) is 11.3 Å². The standard InChI is InChI=1S/C44H25N3S/c1-2-13-28-25-29(22-21-26(28)11-1)40-35-24-23-27-12-3-4-14-30(27)41(35)46-44(45-40)47-36-19-9-7-17-33(36)38-31-15-5-6-16-32(31)39-34-18-8-10-20-37(34)48-43(39)42(38)47/h1-25H. The van der Waals surface area contributed by atoms with Crippen molar-refractivity contribution in [1.29, 1.82) is 0 Å². The quantitative estimate of drug-likeness (QED) is 0.179. The molecular formula is C44H25N3S. The second-order valence-corrected chi connectivity index (χ2v) is 13.6. The summed E-state index contributed by atoms with van der Waals surface area (Å²) in [6.07, 6.45) is 0. The van der Waals surface area contributed by atoms with Gasteiger partial charge in [-0.2, -0.15) is 0 Å². The fourth-order valence-electron chi connectivity index (χ4n) is 7.84. The molecule has 222 valence electrons. The number of benzene rings is 8. The first-order valence-electron chi connectivity index (χ1n) is 16.3. The maximum Gasteiger partial charge on any atom is 0.235 e. The van der Waals surface area contributed by atoms with Gasteiger partial charge in [0.1, 0.15) is 0 Å². The lowest BCUT2D eigenvalue weighted by atomic mass is 9.99. The van der Waals surface area contributed by atoms with Crippen LogP contribution in [-0.4, -0.2) is 14.5 Å². The maximum absolute atomic E-state index is 5.52. The second-order valence-electron chi connectivity index (χ2n) is 12.5. The highest BCUT2D eigenvalue weighted by Gasteiger charge is 2.24. The van der Waals surface area contributed by atoms with Gasteiger partial charge >= 0.3 is 0 Å². The zero-order valence-electron chi connectivity index (χ0n) is 25.7. The molecule has 3 aromatic heterocycles. The number of nitrogens with zero attached hydrogens (tertiary/aromatic N) is 3. The number of fused-ring (bicyclic) bond motifs is 14. The first-order valence-corrected chi connectivity index (χ1v) is 17.1. The predicted molar refractivity (Wildman–Crippen MR) is 205 cm³/mol. The number of hydrogen-bond donors (Lipinski definition) is 0. The van der Waals surface area contributed by atoms with Crippen LogP contribution in [0.15, 0.2) is 152 Å². The average molecular weight is 628 g/mol. The third kappa shape index (κ3) is 3.52. The van der Waals surface area contributed by atoms with Crippen LogP contribution in [-0.2, 0) is 0 Å². The van der Waals surface area contributed by atoms with Crippen LogP contribution >= 0.6 is 11.3 Å². The number of hydrogen-bond acceptors (Lipinski definition) is 3. The highest BCUT2D eigenvalue weighted by molar-refractivity contribution is 7.27. The Morgan fingerprint density at radius 2 is 1.10 bits per heavy atom. The Balaban J connectivity index is 1.36. The van der Waals surface area contributed by atoms with E-state index in [1.54, 1.807) is 0 Å². The molecule has 11 rings (SSSR count). The lowest BCUT2D eigenvalue weighted by Gasteiger charge is -2.14. The van der Waals surface area contributed by atoms with E-state index in [1.807, 2.05) is 11.3 Å². The van der Waals surface area contributed by atoms with Crippen LogP contribution in [0.25, 0.3) is 102 Å². The number of para-hydroxylation sites is 1. The van der Waals surface area contributed by atoms with Crippen molar-refractivity contribution in [2.24, 2.45) is 0 Å². The van der Waals surface area contributed by atoms with Gasteiger partial charge in [0.15, 0.2) is 0 Å². The Labute approximate surface area is 278 Å². The summed E-state index contributed by atoms with van der Waals surface area (Å²) < 4.78 is 4.87. The maximum atomic E-state index is 5.52. The molecule has 8 aromatic carbocycles. The van der Waals surface area contributed by atoms with Crippen molar-refractivity contribution in [1.82, 2.24) is 14.5 Å². The van der Waals surface area contributed by atoms with Crippen LogP contribution in [0, 0.1) is 0 Å². The first kappa shape index (κ1) is 26.0. The molecule has 0 aliphatic heterocycles. The SMILES string of the molecule is c1ccc2cc(-c3nc(-n4c5ccccc5c5c6ccccc6c6c7ccccc7sc6c54)nc4c3ccc3ccccc34)ccc2c1. The van der Waals surface area contributed by atoms with Crippen LogP contribution in [0.1, 0.15) is 0 Å². The molecule has 11 aromatic rings. The van der Waals surface area contributed by atoms with Gasteiger partial charge < -0.3 is 0 Å². The smallest absolute Gasteiger partial charge is 0.235 e. The van der Waals surface area contributed by atoms with Gasteiger partial charge in [-0.05, 0) is 51.2 Å². The molecule has 0 bridgehead atoms. The minimum Gasteiger partial charge on any atom is -0.276 e. The Morgan fingerprint density at radius 1 is 0.458 bits per heavy atom. The van der Waals surface area contributed by atoms with Gasteiger partial charge in [-0.1, -0.05) is 127 Å². The summed E-state index contributed by atoms with van der Waals surface area (Å²) in [5, 5.41) is 13.3. The molecule has 0 saturated carbocycles. The number of thiophene rings is 1. The summed E-state index contributed by atoms with van der Waals surface area (Å²) in [6.45, 7) is 0. The average Bonchev–Trinajstić information content (AvgIpc) is 3.71. The second kappa shape index (κ2) is 9.71. The molecule has 0 aliphatic rings. The molecule has 0 saturated heterocycles. The van der Waals surface area contributed by atoms with E-state index < -0.39 is 0 Å². The first-order chi connectivity index (χ1) is 23.8. The molecule has 0 aliphatic carbocycles. The van der Waals surface area contributed by atoms with Crippen molar-refractivity contribution < 1.29 is 0 Å². The minimum atomic E-state index is 0.683. The van der Waals surface area contributed by atoms with Gasteiger partial charge in [0, 0.05) is 42.6 Å². The Hall–Kier alpha value is -6.10. The van der Waals surface area contributed by atoms with Gasteiger partial charge in [0.05, 0.1) is 26.9 Å². The van der Waals surface area contributed by atoms with E-state index in [9.17, 15) is 0 Å². The van der Waals surface area contributed by atoms with Crippen molar-refractivity contribution in [3.63, 3.8) is 0 Å². The van der Waals surface area contributed by atoms with E-state index in [1.165, 1.54) is 57.9 Å². The summed E-state index contributed by atoms with van der Waals surface area (Å²) in [5.41, 5.74) is 5.24. The minimum absolute atomic E-state index is 0.683. The van der Waals surface area contributed by atoms with E-state index in [-0.39, 0.29) is 0 Å². The highest BCUT2D eigenvalue weighted by Crippen LogP contribution is 2.48. The molecule has 0 unspecified atom stereocenters.